The Labute approximate surface area is 128 Å². The first-order valence-corrected chi connectivity index (χ1v) is 8.00. The van der Waals surface area contributed by atoms with Crippen LogP contribution in [0.4, 0.5) is 0 Å². The topological polar surface area (TPSA) is 47.4 Å². The first-order valence-electron chi connectivity index (χ1n) is 6.82. The fourth-order valence-electron chi connectivity index (χ4n) is 2.28. The van der Waals surface area contributed by atoms with Crippen molar-refractivity contribution in [1.82, 2.24) is 13.9 Å². The van der Waals surface area contributed by atoms with Gasteiger partial charge in [0.25, 0.3) is 0 Å². The van der Waals surface area contributed by atoms with Gasteiger partial charge in [0.15, 0.2) is 5.69 Å². The molecule has 0 unspecified atom stereocenters. The molecule has 2 aromatic rings. The van der Waals surface area contributed by atoms with Gasteiger partial charge in [0.1, 0.15) is 12.4 Å². The van der Waals surface area contributed by atoms with Crippen molar-refractivity contribution in [3.63, 3.8) is 0 Å². The lowest BCUT2D eigenvalue weighted by atomic mass is 10.2. The molecule has 0 bridgehead atoms. The number of aromatic nitrogens is 2. The molecule has 110 valence electrons. The minimum Gasteiger partial charge on any atom is -0.456 e. The Morgan fingerprint density at radius 2 is 2.14 bits per heavy atom. The van der Waals surface area contributed by atoms with E-state index in [0.717, 1.165) is 31.0 Å². The first kappa shape index (κ1) is 14.2. The van der Waals surface area contributed by atoms with E-state index in [2.05, 4.69) is 9.29 Å². The van der Waals surface area contributed by atoms with Crippen molar-refractivity contribution in [1.29, 1.82) is 0 Å². The van der Waals surface area contributed by atoms with Crippen LogP contribution < -0.4 is 0 Å². The lowest BCUT2D eigenvalue weighted by molar-refractivity contribution is 0.0466. The second-order valence-corrected chi connectivity index (χ2v) is 5.73. The molecule has 0 radical (unpaired) electrons. The Hall–Kier alpha value is -1.79. The van der Waals surface area contributed by atoms with Gasteiger partial charge in [-0.25, -0.2) is 14.1 Å². The highest BCUT2D eigenvalue weighted by Gasteiger charge is 2.21. The molecule has 3 rings (SSSR count). The molecule has 0 spiro atoms. The summed E-state index contributed by atoms with van der Waals surface area (Å²) >= 11 is 1.70. The Balaban J connectivity index is 1.65. The maximum Gasteiger partial charge on any atom is 0.358 e. The highest BCUT2D eigenvalue weighted by molar-refractivity contribution is 7.96. The van der Waals surface area contributed by atoms with Gasteiger partial charge >= 0.3 is 5.97 Å². The van der Waals surface area contributed by atoms with E-state index < -0.39 is 0 Å². The molecule has 1 aliphatic heterocycles. The minimum absolute atomic E-state index is 0.277. The maximum absolute atomic E-state index is 12.1. The summed E-state index contributed by atoms with van der Waals surface area (Å²) in [6.45, 7) is 2.85. The van der Waals surface area contributed by atoms with E-state index in [0.29, 0.717) is 5.69 Å². The molecule has 5 nitrogen and oxygen atoms in total. The Morgan fingerprint density at radius 3 is 2.90 bits per heavy atom. The van der Waals surface area contributed by atoms with Gasteiger partial charge in [0, 0.05) is 19.3 Å². The Kier molecular flexibility index (Phi) is 4.26. The number of carbonyl (C=O) groups excluding carboxylic acids is 1. The summed E-state index contributed by atoms with van der Waals surface area (Å²) in [7, 11) is 0. The third-order valence-corrected chi connectivity index (χ3v) is 4.28. The number of ether oxygens (including phenoxy) is 1. The Bertz CT molecular complexity index is 627. The van der Waals surface area contributed by atoms with Crippen molar-refractivity contribution in [2.75, 3.05) is 12.8 Å². The van der Waals surface area contributed by atoms with Gasteiger partial charge in [0.05, 0.1) is 6.54 Å². The van der Waals surface area contributed by atoms with Crippen molar-refractivity contribution in [3.05, 3.63) is 53.6 Å². The van der Waals surface area contributed by atoms with Crippen molar-refractivity contribution in [3.8, 4) is 0 Å². The Morgan fingerprint density at radius 1 is 1.33 bits per heavy atom. The molecule has 21 heavy (non-hydrogen) atoms. The van der Waals surface area contributed by atoms with Gasteiger partial charge in [0.2, 0.25) is 0 Å². The fourth-order valence-corrected chi connectivity index (χ4v) is 2.79. The smallest absolute Gasteiger partial charge is 0.358 e. The molecule has 0 saturated carbocycles. The van der Waals surface area contributed by atoms with Gasteiger partial charge in [-0.1, -0.05) is 42.3 Å². The number of imidazole rings is 1. The molecule has 0 aliphatic carbocycles. The van der Waals surface area contributed by atoms with E-state index in [1.807, 2.05) is 41.2 Å². The summed E-state index contributed by atoms with van der Waals surface area (Å²) < 4.78 is 9.57. The second kappa shape index (κ2) is 6.32. The number of fused-ring (bicyclic) bond motifs is 1. The quantitative estimate of drug-likeness (QED) is 0.641. The SMILES string of the molecule is CSN1CCn2cc(C(=O)OCc3ccccc3)nc2C1. The van der Waals surface area contributed by atoms with Gasteiger partial charge in [-0.2, -0.15) is 0 Å². The van der Waals surface area contributed by atoms with Gasteiger partial charge < -0.3 is 9.30 Å². The van der Waals surface area contributed by atoms with Crippen LogP contribution in [0.3, 0.4) is 0 Å². The van der Waals surface area contributed by atoms with Crippen LogP contribution >= 0.6 is 11.9 Å². The molecule has 0 fully saturated rings. The molecule has 2 heterocycles. The zero-order valence-corrected chi connectivity index (χ0v) is 12.7. The predicted molar refractivity (Wildman–Crippen MR) is 81.7 cm³/mol. The van der Waals surface area contributed by atoms with Crippen molar-refractivity contribution in [2.45, 2.75) is 19.7 Å². The number of esters is 1. The number of benzene rings is 1. The van der Waals surface area contributed by atoms with E-state index in [1.165, 1.54) is 0 Å². The summed E-state index contributed by atoms with van der Waals surface area (Å²) in [4.78, 5) is 16.5. The third kappa shape index (κ3) is 3.28. The number of hydrogen-bond donors (Lipinski definition) is 0. The summed E-state index contributed by atoms with van der Waals surface area (Å²) in [5.74, 6) is 0.554. The lowest BCUT2D eigenvalue weighted by Crippen LogP contribution is -2.28. The van der Waals surface area contributed by atoms with Gasteiger partial charge in [-0.3, -0.25) is 0 Å². The summed E-state index contributed by atoms with van der Waals surface area (Å²) in [6, 6.07) is 9.65. The monoisotopic (exact) mass is 303 g/mol. The predicted octanol–water partition coefficient (Wildman–Crippen LogP) is 2.33. The zero-order valence-electron chi connectivity index (χ0n) is 11.9. The van der Waals surface area contributed by atoms with Crippen LogP contribution in [0.5, 0.6) is 0 Å². The average molecular weight is 303 g/mol. The summed E-state index contributed by atoms with van der Waals surface area (Å²) in [5.41, 5.74) is 1.37. The van der Waals surface area contributed by atoms with E-state index in [9.17, 15) is 4.79 Å². The van der Waals surface area contributed by atoms with E-state index >= 15 is 0 Å². The van der Waals surface area contributed by atoms with Crippen LogP contribution in [0.2, 0.25) is 0 Å². The number of nitrogens with zero attached hydrogens (tertiary/aromatic N) is 3. The normalized spacial score (nSPS) is 14.7. The minimum atomic E-state index is -0.364. The molecular formula is C15H17N3O2S. The van der Waals surface area contributed by atoms with E-state index in [-0.39, 0.29) is 12.6 Å². The molecule has 1 aromatic heterocycles. The molecule has 6 heteroatoms. The molecule has 0 atom stereocenters. The molecule has 0 saturated heterocycles. The summed E-state index contributed by atoms with van der Waals surface area (Å²) in [5, 5.41) is 0. The highest BCUT2D eigenvalue weighted by Crippen LogP contribution is 2.18. The first-order chi connectivity index (χ1) is 10.3. The number of rotatable bonds is 4. The molecule has 0 N–H and O–H groups in total. The number of carbonyl (C=O) groups is 1. The third-order valence-electron chi connectivity index (χ3n) is 3.45. The van der Waals surface area contributed by atoms with E-state index in [4.69, 9.17) is 4.74 Å². The largest absolute Gasteiger partial charge is 0.456 e. The van der Waals surface area contributed by atoms with Crippen molar-refractivity contribution < 1.29 is 9.53 Å². The molecule has 1 aromatic carbocycles. The van der Waals surface area contributed by atoms with Gasteiger partial charge in [-0.05, 0) is 11.8 Å². The fraction of sp³-hybridized carbons (Fsp3) is 0.333. The standard InChI is InChI=1S/C15H17N3O2S/c1-21-18-8-7-17-9-13(16-14(17)10-18)15(19)20-11-12-5-3-2-4-6-12/h2-6,9H,7-8,10-11H2,1H3. The van der Waals surface area contributed by atoms with Crippen LogP contribution in [0, 0.1) is 0 Å². The average Bonchev–Trinajstić information content (AvgIpc) is 2.96. The van der Waals surface area contributed by atoms with Crippen LogP contribution in [0.1, 0.15) is 21.9 Å². The zero-order chi connectivity index (χ0) is 14.7. The van der Waals surface area contributed by atoms with E-state index in [1.54, 1.807) is 18.1 Å². The lowest BCUT2D eigenvalue weighted by Gasteiger charge is -2.24. The summed E-state index contributed by atoms with van der Waals surface area (Å²) in [6.07, 6.45) is 3.84. The van der Waals surface area contributed by atoms with Crippen LogP contribution in [0.15, 0.2) is 36.5 Å². The molecule has 0 amide bonds. The van der Waals surface area contributed by atoms with Crippen LogP contribution in [0.25, 0.3) is 0 Å². The maximum atomic E-state index is 12.1. The van der Waals surface area contributed by atoms with Crippen molar-refractivity contribution >= 4 is 17.9 Å². The van der Waals surface area contributed by atoms with Crippen molar-refractivity contribution in [2.24, 2.45) is 0 Å². The molecular weight excluding hydrogens is 286 g/mol. The van der Waals surface area contributed by atoms with Crippen LogP contribution in [-0.4, -0.2) is 32.6 Å². The van der Waals surface area contributed by atoms with Gasteiger partial charge in [-0.15, -0.1) is 0 Å². The molecule has 1 aliphatic rings. The van der Waals surface area contributed by atoms with Crippen LogP contribution in [-0.2, 0) is 24.4 Å². The highest BCUT2D eigenvalue weighted by atomic mass is 32.2. The number of hydrogen-bond acceptors (Lipinski definition) is 5. The second-order valence-electron chi connectivity index (χ2n) is 4.84.